The largest absolute Gasteiger partial charge is 0.376 e. The monoisotopic (exact) mass is 311 g/mol. The molecule has 1 aromatic rings. The zero-order chi connectivity index (χ0) is 13.2. The van der Waals surface area contributed by atoms with Gasteiger partial charge >= 0.3 is 0 Å². The molecule has 1 aliphatic heterocycles. The van der Waals surface area contributed by atoms with E-state index < -0.39 is 0 Å². The van der Waals surface area contributed by atoms with Crippen molar-refractivity contribution < 1.29 is 0 Å². The van der Waals surface area contributed by atoms with Crippen LogP contribution in [0.4, 0.5) is 5.69 Å². The zero-order valence-electron chi connectivity index (χ0n) is 11.2. The molecule has 1 aliphatic rings. The molecule has 1 atom stereocenters. The van der Waals surface area contributed by atoms with E-state index in [9.17, 15) is 0 Å². The van der Waals surface area contributed by atoms with Crippen molar-refractivity contribution in [2.45, 2.75) is 25.3 Å². The predicted octanol–water partition coefficient (Wildman–Crippen LogP) is 2.59. The number of halogens is 1. The number of hydrogen-bond acceptors (Lipinski definition) is 3. The molecule has 1 saturated heterocycles. The molecule has 1 unspecified atom stereocenters. The molecular formula is C14H22BrN3. The number of likely N-dealkylation sites (N-methyl/N-ethyl adjacent to an activating group) is 1. The molecule has 3 nitrogen and oxygen atoms in total. The van der Waals surface area contributed by atoms with Gasteiger partial charge in [0.05, 0.1) is 5.54 Å². The second-order valence-electron chi connectivity index (χ2n) is 5.43. The Morgan fingerprint density at radius 3 is 2.94 bits per heavy atom. The number of hydrogen-bond donors (Lipinski definition) is 2. The van der Waals surface area contributed by atoms with Crippen LogP contribution in [0.25, 0.3) is 0 Å². The lowest BCUT2D eigenvalue weighted by Crippen LogP contribution is -2.56. The van der Waals surface area contributed by atoms with Crippen molar-refractivity contribution in [1.82, 2.24) is 4.90 Å². The number of benzene rings is 1. The SMILES string of the molecule is Cc1ccc(Br)c(NC2(CN)CCCN(C)C2)c1. The van der Waals surface area contributed by atoms with Gasteiger partial charge in [-0.15, -0.1) is 0 Å². The summed E-state index contributed by atoms with van der Waals surface area (Å²) in [6.07, 6.45) is 2.33. The zero-order valence-corrected chi connectivity index (χ0v) is 12.8. The predicted molar refractivity (Wildman–Crippen MR) is 81.0 cm³/mol. The molecule has 0 amide bonds. The van der Waals surface area contributed by atoms with E-state index >= 15 is 0 Å². The number of nitrogens with one attached hydrogen (secondary N) is 1. The van der Waals surface area contributed by atoms with Crippen molar-refractivity contribution in [3.05, 3.63) is 28.2 Å². The minimum absolute atomic E-state index is 0.00329. The molecular weight excluding hydrogens is 290 g/mol. The molecule has 0 aliphatic carbocycles. The van der Waals surface area contributed by atoms with Crippen LogP contribution >= 0.6 is 15.9 Å². The third-order valence-corrected chi connectivity index (χ3v) is 4.37. The Bertz CT molecular complexity index is 422. The summed E-state index contributed by atoms with van der Waals surface area (Å²) in [6.45, 7) is 4.94. The highest BCUT2D eigenvalue weighted by Gasteiger charge is 2.33. The lowest BCUT2D eigenvalue weighted by Gasteiger charge is -2.42. The van der Waals surface area contributed by atoms with Gasteiger partial charge in [-0.2, -0.15) is 0 Å². The van der Waals surface area contributed by atoms with Crippen LogP contribution in [0, 0.1) is 6.92 Å². The fourth-order valence-corrected chi connectivity index (χ4v) is 3.05. The minimum atomic E-state index is 0.00329. The number of rotatable bonds is 3. The molecule has 3 N–H and O–H groups in total. The summed E-state index contributed by atoms with van der Waals surface area (Å²) in [5.74, 6) is 0. The van der Waals surface area contributed by atoms with Gasteiger partial charge in [0.15, 0.2) is 0 Å². The molecule has 1 heterocycles. The summed E-state index contributed by atoms with van der Waals surface area (Å²) in [4.78, 5) is 2.35. The first-order valence-corrected chi connectivity index (χ1v) is 7.27. The van der Waals surface area contributed by atoms with E-state index in [1.807, 2.05) is 0 Å². The fraction of sp³-hybridized carbons (Fsp3) is 0.571. The van der Waals surface area contributed by atoms with Gasteiger partial charge in [-0.1, -0.05) is 6.07 Å². The standard InChI is InChI=1S/C14H22BrN3/c1-11-4-5-12(15)13(8-11)17-14(9-16)6-3-7-18(2)10-14/h4-5,8,17H,3,6-7,9-10,16H2,1-2H3. The summed E-state index contributed by atoms with van der Waals surface area (Å²) in [6, 6.07) is 6.38. The Morgan fingerprint density at radius 1 is 1.50 bits per heavy atom. The lowest BCUT2D eigenvalue weighted by molar-refractivity contribution is 0.198. The normalized spacial score (nSPS) is 25.1. The van der Waals surface area contributed by atoms with Crippen molar-refractivity contribution >= 4 is 21.6 Å². The van der Waals surface area contributed by atoms with Crippen LogP contribution in [0.15, 0.2) is 22.7 Å². The number of nitrogens with zero attached hydrogens (tertiary/aromatic N) is 1. The van der Waals surface area contributed by atoms with Crippen LogP contribution in [0.2, 0.25) is 0 Å². The van der Waals surface area contributed by atoms with E-state index in [-0.39, 0.29) is 5.54 Å². The van der Waals surface area contributed by atoms with E-state index in [1.165, 1.54) is 18.5 Å². The number of aryl methyl sites for hydroxylation is 1. The van der Waals surface area contributed by atoms with Crippen LogP contribution in [0.5, 0.6) is 0 Å². The Kier molecular flexibility index (Phi) is 4.30. The van der Waals surface area contributed by atoms with Gasteiger partial charge in [0, 0.05) is 23.2 Å². The molecule has 2 rings (SSSR count). The van der Waals surface area contributed by atoms with E-state index in [4.69, 9.17) is 5.73 Å². The van der Waals surface area contributed by atoms with Crippen molar-refractivity contribution in [3.63, 3.8) is 0 Å². The molecule has 1 fully saturated rings. The summed E-state index contributed by atoms with van der Waals surface area (Å²) in [7, 11) is 2.16. The van der Waals surface area contributed by atoms with Crippen LogP contribution in [-0.2, 0) is 0 Å². The van der Waals surface area contributed by atoms with Crippen molar-refractivity contribution in [2.75, 3.05) is 32.0 Å². The number of likely N-dealkylation sites (tertiary alicyclic amines) is 1. The third-order valence-electron chi connectivity index (χ3n) is 3.68. The van der Waals surface area contributed by atoms with E-state index in [2.05, 4.69) is 58.3 Å². The smallest absolute Gasteiger partial charge is 0.0622 e. The van der Waals surface area contributed by atoms with Gasteiger partial charge < -0.3 is 16.0 Å². The average Bonchev–Trinajstić information content (AvgIpc) is 2.34. The Labute approximate surface area is 118 Å². The molecule has 0 saturated carbocycles. The highest BCUT2D eigenvalue weighted by atomic mass is 79.9. The molecule has 0 aromatic heterocycles. The van der Waals surface area contributed by atoms with E-state index in [0.29, 0.717) is 6.54 Å². The van der Waals surface area contributed by atoms with E-state index in [0.717, 1.165) is 23.1 Å². The topological polar surface area (TPSA) is 41.3 Å². The van der Waals surface area contributed by atoms with Gasteiger partial charge in [0.2, 0.25) is 0 Å². The highest BCUT2D eigenvalue weighted by molar-refractivity contribution is 9.10. The Morgan fingerprint density at radius 2 is 2.28 bits per heavy atom. The second-order valence-corrected chi connectivity index (χ2v) is 6.29. The fourth-order valence-electron chi connectivity index (χ4n) is 2.70. The van der Waals surface area contributed by atoms with Crippen LogP contribution < -0.4 is 11.1 Å². The summed E-state index contributed by atoms with van der Waals surface area (Å²) in [5, 5.41) is 3.67. The number of anilines is 1. The molecule has 0 bridgehead atoms. The molecule has 0 spiro atoms. The summed E-state index contributed by atoms with van der Waals surface area (Å²) < 4.78 is 1.11. The first kappa shape index (κ1) is 13.8. The van der Waals surface area contributed by atoms with Crippen LogP contribution in [0.3, 0.4) is 0 Å². The third kappa shape index (κ3) is 3.05. The molecule has 1 aromatic carbocycles. The van der Waals surface area contributed by atoms with E-state index in [1.54, 1.807) is 0 Å². The van der Waals surface area contributed by atoms with Gasteiger partial charge in [-0.05, 0) is 67.0 Å². The second kappa shape index (κ2) is 5.59. The first-order chi connectivity index (χ1) is 8.54. The average molecular weight is 312 g/mol. The maximum atomic E-state index is 6.03. The maximum absolute atomic E-state index is 6.03. The number of nitrogens with two attached hydrogens (primary N) is 1. The summed E-state index contributed by atoms with van der Waals surface area (Å²) in [5.41, 5.74) is 8.45. The summed E-state index contributed by atoms with van der Waals surface area (Å²) >= 11 is 3.61. The van der Waals surface area contributed by atoms with Crippen molar-refractivity contribution in [2.24, 2.45) is 5.73 Å². The van der Waals surface area contributed by atoms with Gasteiger partial charge in [0.1, 0.15) is 0 Å². The minimum Gasteiger partial charge on any atom is -0.376 e. The maximum Gasteiger partial charge on any atom is 0.0622 e. The van der Waals surface area contributed by atoms with Crippen molar-refractivity contribution in [1.29, 1.82) is 0 Å². The molecule has 18 heavy (non-hydrogen) atoms. The van der Waals surface area contributed by atoms with Gasteiger partial charge in [-0.3, -0.25) is 0 Å². The Balaban J connectivity index is 2.21. The first-order valence-electron chi connectivity index (χ1n) is 6.48. The quantitative estimate of drug-likeness (QED) is 0.901. The molecule has 0 radical (unpaired) electrons. The molecule has 100 valence electrons. The lowest BCUT2D eigenvalue weighted by atomic mass is 9.89. The van der Waals surface area contributed by atoms with Crippen LogP contribution in [-0.4, -0.2) is 37.1 Å². The highest BCUT2D eigenvalue weighted by Crippen LogP contribution is 2.30. The van der Waals surface area contributed by atoms with Gasteiger partial charge in [-0.25, -0.2) is 0 Å². The number of piperidine rings is 1. The van der Waals surface area contributed by atoms with Gasteiger partial charge in [0.25, 0.3) is 0 Å². The Hall–Kier alpha value is -0.580. The van der Waals surface area contributed by atoms with Crippen LogP contribution in [0.1, 0.15) is 18.4 Å². The van der Waals surface area contributed by atoms with Crippen molar-refractivity contribution in [3.8, 4) is 0 Å². The molecule has 4 heteroatoms.